The van der Waals surface area contributed by atoms with Crippen molar-refractivity contribution in [3.05, 3.63) is 18.2 Å². The second-order valence-electron chi connectivity index (χ2n) is 7.48. The highest BCUT2D eigenvalue weighted by molar-refractivity contribution is 5.73. The Morgan fingerprint density at radius 3 is 2.58 bits per heavy atom. The zero-order valence-corrected chi connectivity index (χ0v) is 15.3. The minimum Gasteiger partial charge on any atom is -0.343 e. The molecule has 2 aliphatic heterocycles. The highest BCUT2D eigenvalue weighted by Crippen LogP contribution is 2.21. The lowest BCUT2D eigenvalue weighted by molar-refractivity contribution is -0.130. The zero-order chi connectivity index (χ0) is 17.1. The molecule has 0 bridgehead atoms. The van der Waals surface area contributed by atoms with Crippen molar-refractivity contribution in [2.24, 2.45) is 13.0 Å². The molecular weight excluding hydrogens is 302 g/mol. The average Bonchev–Trinajstić information content (AvgIpc) is 2.95. The minimum atomic E-state index is 0.227. The van der Waals surface area contributed by atoms with Crippen molar-refractivity contribution in [3.8, 4) is 0 Å². The molecule has 0 saturated carbocycles. The van der Waals surface area contributed by atoms with Gasteiger partial charge in [0.1, 0.15) is 5.82 Å². The quantitative estimate of drug-likeness (QED) is 0.830. The van der Waals surface area contributed by atoms with Crippen molar-refractivity contribution >= 4 is 5.91 Å². The molecule has 2 saturated heterocycles. The number of aryl methyl sites for hydroxylation is 1. The summed E-state index contributed by atoms with van der Waals surface area (Å²) in [5.74, 6) is 2.12. The fourth-order valence-electron chi connectivity index (χ4n) is 4.00. The molecule has 1 aromatic heterocycles. The Morgan fingerprint density at radius 2 is 2.00 bits per heavy atom. The summed E-state index contributed by atoms with van der Waals surface area (Å²) in [5, 5.41) is 0. The molecule has 2 aliphatic rings. The van der Waals surface area contributed by atoms with Crippen molar-refractivity contribution in [3.63, 3.8) is 0 Å². The maximum absolute atomic E-state index is 11.4. The van der Waals surface area contributed by atoms with E-state index in [9.17, 15) is 4.79 Å². The van der Waals surface area contributed by atoms with Crippen molar-refractivity contribution in [1.82, 2.24) is 24.3 Å². The van der Waals surface area contributed by atoms with Gasteiger partial charge in [0.25, 0.3) is 0 Å². The van der Waals surface area contributed by atoms with E-state index in [1.165, 1.54) is 6.54 Å². The molecule has 0 spiro atoms. The Bertz CT molecular complexity index is 549. The second-order valence-corrected chi connectivity index (χ2v) is 7.48. The summed E-state index contributed by atoms with van der Waals surface area (Å²) in [6.07, 6.45) is 6.20. The molecule has 6 nitrogen and oxygen atoms in total. The number of hydrogen-bond acceptors (Lipinski definition) is 4. The molecule has 1 atom stereocenters. The minimum absolute atomic E-state index is 0.227. The van der Waals surface area contributed by atoms with Gasteiger partial charge >= 0.3 is 0 Å². The Balaban J connectivity index is 1.44. The summed E-state index contributed by atoms with van der Waals surface area (Å²) in [6, 6.07) is 0.563. The van der Waals surface area contributed by atoms with Gasteiger partial charge in [0.2, 0.25) is 5.91 Å². The smallest absolute Gasteiger partial charge is 0.219 e. The number of carbonyl (C=O) groups is 1. The topological polar surface area (TPSA) is 44.6 Å². The largest absolute Gasteiger partial charge is 0.343 e. The van der Waals surface area contributed by atoms with Crippen LogP contribution in [0.2, 0.25) is 0 Å². The van der Waals surface area contributed by atoms with Gasteiger partial charge in [-0.1, -0.05) is 0 Å². The summed E-state index contributed by atoms with van der Waals surface area (Å²) < 4.78 is 2.11. The Kier molecular flexibility index (Phi) is 5.56. The number of amides is 1. The molecule has 3 heterocycles. The van der Waals surface area contributed by atoms with Crippen LogP contribution in [0.1, 0.15) is 32.5 Å². The van der Waals surface area contributed by atoms with Crippen LogP contribution < -0.4 is 0 Å². The van der Waals surface area contributed by atoms with E-state index in [-0.39, 0.29) is 5.91 Å². The number of rotatable bonds is 4. The number of carbonyl (C=O) groups excluding carboxylic acids is 1. The molecule has 1 amide bonds. The van der Waals surface area contributed by atoms with Crippen LogP contribution in [0.4, 0.5) is 0 Å². The lowest BCUT2D eigenvalue weighted by Crippen LogP contribution is -2.53. The van der Waals surface area contributed by atoms with Crippen molar-refractivity contribution in [1.29, 1.82) is 0 Å². The number of nitrogens with zero attached hydrogens (tertiary/aromatic N) is 5. The van der Waals surface area contributed by atoms with Gasteiger partial charge in [-0.2, -0.15) is 0 Å². The van der Waals surface area contributed by atoms with E-state index in [0.29, 0.717) is 6.04 Å². The van der Waals surface area contributed by atoms with Crippen LogP contribution in [-0.2, 0) is 18.4 Å². The van der Waals surface area contributed by atoms with Gasteiger partial charge in [0.05, 0.1) is 6.54 Å². The van der Waals surface area contributed by atoms with E-state index in [4.69, 9.17) is 0 Å². The van der Waals surface area contributed by atoms with Crippen LogP contribution in [0, 0.1) is 5.92 Å². The van der Waals surface area contributed by atoms with Crippen LogP contribution >= 0.6 is 0 Å². The first kappa shape index (κ1) is 17.4. The van der Waals surface area contributed by atoms with Crippen LogP contribution in [0.3, 0.4) is 0 Å². The van der Waals surface area contributed by atoms with E-state index in [1.54, 1.807) is 6.92 Å². The van der Waals surface area contributed by atoms with Crippen LogP contribution in [0.5, 0.6) is 0 Å². The molecule has 134 valence electrons. The normalized spacial score (nSPS) is 24.5. The zero-order valence-electron chi connectivity index (χ0n) is 15.3. The maximum Gasteiger partial charge on any atom is 0.219 e. The molecule has 0 N–H and O–H groups in total. The van der Waals surface area contributed by atoms with E-state index in [2.05, 4.69) is 33.3 Å². The number of imidazole rings is 1. The maximum atomic E-state index is 11.4. The summed E-state index contributed by atoms with van der Waals surface area (Å²) in [6.45, 7) is 11.4. The van der Waals surface area contributed by atoms with Gasteiger partial charge in [-0.25, -0.2) is 4.98 Å². The van der Waals surface area contributed by atoms with E-state index >= 15 is 0 Å². The van der Waals surface area contributed by atoms with E-state index in [1.807, 2.05) is 17.3 Å². The van der Waals surface area contributed by atoms with Gasteiger partial charge in [-0.05, 0) is 25.7 Å². The van der Waals surface area contributed by atoms with Crippen molar-refractivity contribution in [2.75, 3.05) is 39.3 Å². The van der Waals surface area contributed by atoms with Gasteiger partial charge in [-0.15, -0.1) is 0 Å². The van der Waals surface area contributed by atoms with Gasteiger partial charge in [-0.3, -0.25) is 9.69 Å². The summed E-state index contributed by atoms with van der Waals surface area (Å²) in [5.41, 5.74) is 0. The Labute approximate surface area is 145 Å². The number of likely N-dealkylation sites (tertiary alicyclic amines) is 1. The summed E-state index contributed by atoms with van der Waals surface area (Å²) in [4.78, 5) is 23.0. The van der Waals surface area contributed by atoms with Gasteiger partial charge < -0.3 is 14.4 Å². The predicted molar refractivity (Wildman–Crippen MR) is 94.5 cm³/mol. The Hall–Kier alpha value is -1.40. The predicted octanol–water partition coefficient (Wildman–Crippen LogP) is 1.18. The SMILES string of the molecule is CC(=O)N1CCC(CN2CCN(Cc3nccn3C)[C@@H](C)C2)CC1. The van der Waals surface area contributed by atoms with Crippen LogP contribution in [0.25, 0.3) is 0 Å². The molecule has 1 aromatic rings. The molecule has 24 heavy (non-hydrogen) atoms. The molecule has 0 aromatic carbocycles. The molecule has 0 radical (unpaired) electrons. The lowest BCUT2D eigenvalue weighted by atomic mass is 9.95. The fourth-order valence-corrected chi connectivity index (χ4v) is 4.00. The third kappa shape index (κ3) is 4.16. The molecule has 6 heteroatoms. The van der Waals surface area contributed by atoms with Gasteiger partial charge in [0, 0.05) is 71.7 Å². The first-order valence-electron chi connectivity index (χ1n) is 9.21. The Morgan fingerprint density at radius 1 is 1.25 bits per heavy atom. The monoisotopic (exact) mass is 333 g/mol. The molecule has 2 fully saturated rings. The highest BCUT2D eigenvalue weighted by atomic mass is 16.2. The number of aromatic nitrogens is 2. The standard InChI is InChI=1S/C18H31N5O/c1-15-12-21(13-17-4-7-22(8-5-17)16(2)24)10-11-23(15)14-18-19-6-9-20(18)3/h6,9,15,17H,4-5,7-8,10-14H2,1-3H3/t15-/m0/s1. The van der Waals surface area contributed by atoms with E-state index in [0.717, 1.165) is 63.9 Å². The van der Waals surface area contributed by atoms with Crippen LogP contribution in [-0.4, -0.2) is 75.5 Å². The van der Waals surface area contributed by atoms with Gasteiger partial charge in [0.15, 0.2) is 0 Å². The number of piperazine rings is 1. The first-order valence-corrected chi connectivity index (χ1v) is 9.21. The third-order valence-corrected chi connectivity index (χ3v) is 5.69. The summed E-state index contributed by atoms with van der Waals surface area (Å²) in [7, 11) is 2.07. The molecule has 0 aliphatic carbocycles. The number of piperidine rings is 1. The fraction of sp³-hybridized carbons (Fsp3) is 0.778. The second kappa shape index (κ2) is 7.66. The summed E-state index contributed by atoms with van der Waals surface area (Å²) >= 11 is 0. The lowest BCUT2D eigenvalue weighted by Gasteiger charge is -2.42. The number of hydrogen-bond donors (Lipinski definition) is 0. The van der Waals surface area contributed by atoms with E-state index < -0.39 is 0 Å². The van der Waals surface area contributed by atoms with Crippen LogP contribution in [0.15, 0.2) is 12.4 Å². The third-order valence-electron chi connectivity index (χ3n) is 5.69. The average molecular weight is 333 g/mol. The molecular formula is C18H31N5O. The highest BCUT2D eigenvalue weighted by Gasteiger charge is 2.28. The molecule has 0 unspecified atom stereocenters. The molecule has 3 rings (SSSR count). The first-order chi connectivity index (χ1) is 11.5. The van der Waals surface area contributed by atoms with Crippen molar-refractivity contribution < 1.29 is 4.79 Å². The van der Waals surface area contributed by atoms with Crippen molar-refractivity contribution in [2.45, 2.75) is 39.3 Å².